The van der Waals surface area contributed by atoms with Gasteiger partial charge in [-0.3, -0.25) is 4.79 Å². The number of alkyl halides is 1. The summed E-state index contributed by atoms with van der Waals surface area (Å²) in [6.07, 6.45) is 6.33. The second-order valence-corrected chi connectivity index (χ2v) is 6.43. The van der Waals surface area contributed by atoms with Gasteiger partial charge >= 0.3 is 0 Å². The Labute approximate surface area is 118 Å². The standard InChI is InChI=1S/C14H24BrNO2/c1-10-6-13(9-18-10)14(17)16-8-12-5-3-2-4-11(12)7-15/h10-13H,2-9H2,1H3,(H,16,17). The molecule has 1 aliphatic carbocycles. The summed E-state index contributed by atoms with van der Waals surface area (Å²) in [6.45, 7) is 3.48. The Balaban J connectivity index is 1.74. The smallest absolute Gasteiger partial charge is 0.225 e. The van der Waals surface area contributed by atoms with Crippen LogP contribution in [-0.4, -0.2) is 30.5 Å². The number of ether oxygens (including phenoxy) is 1. The Hall–Kier alpha value is -0.0900. The van der Waals surface area contributed by atoms with Gasteiger partial charge in [-0.15, -0.1) is 0 Å². The van der Waals surface area contributed by atoms with E-state index in [0.29, 0.717) is 12.5 Å². The molecule has 0 aromatic rings. The number of halogens is 1. The average molecular weight is 318 g/mol. The van der Waals surface area contributed by atoms with Gasteiger partial charge in [0.1, 0.15) is 0 Å². The van der Waals surface area contributed by atoms with Crippen molar-refractivity contribution >= 4 is 21.8 Å². The molecule has 0 aromatic carbocycles. The van der Waals surface area contributed by atoms with Crippen molar-refractivity contribution < 1.29 is 9.53 Å². The molecule has 4 atom stereocenters. The highest BCUT2D eigenvalue weighted by atomic mass is 79.9. The molecule has 0 aromatic heterocycles. The maximum Gasteiger partial charge on any atom is 0.225 e. The average Bonchev–Trinajstić information content (AvgIpc) is 2.83. The Bertz CT molecular complexity index is 285. The molecule has 0 radical (unpaired) electrons. The van der Waals surface area contributed by atoms with E-state index >= 15 is 0 Å². The number of carbonyl (C=O) groups is 1. The first-order chi connectivity index (χ1) is 8.70. The normalized spacial score (nSPS) is 36.6. The van der Waals surface area contributed by atoms with Crippen molar-refractivity contribution in [3.63, 3.8) is 0 Å². The molecule has 18 heavy (non-hydrogen) atoms. The third-order valence-corrected chi connectivity index (χ3v) is 5.20. The van der Waals surface area contributed by atoms with Crippen molar-refractivity contribution in [1.29, 1.82) is 0 Å². The molecular formula is C14H24BrNO2. The van der Waals surface area contributed by atoms with Gasteiger partial charge in [-0.1, -0.05) is 28.8 Å². The first-order valence-electron chi connectivity index (χ1n) is 7.16. The van der Waals surface area contributed by atoms with Crippen LogP contribution in [0.15, 0.2) is 0 Å². The van der Waals surface area contributed by atoms with Crippen LogP contribution in [0.5, 0.6) is 0 Å². The van der Waals surface area contributed by atoms with Gasteiger partial charge in [0.2, 0.25) is 5.91 Å². The zero-order chi connectivity index (χ0) is 13.0. The van der Waals surface area contributed by atoms with Gasteiger partial charge in [0, 0.05) is 11.9 Å². The highest BCUT2D eigenvalue weighted by Gasteiger charge is 2.30. The summed E-state index contributed by atoms with van der Waals surface area (Å²) in [6, 6.07) is 0. The van der Waals surface area contributed by atoms with E-state index in [1.54, 1.807) is 0 Å². The molecule has 2 aliphatic rings. The second-order valence-electron chi connectivity index (χ2n) is 5.78. The van der Waals surface area contributed by atoms with Gasteiger partial charge in [-0.25, -0.2) is 0 Å². The summed E-state index contributed by atoms with van der Waals surface area (Å²) in [5, 5.41) is 4.21. The fourth-order valence-corrected chi connectivity index (χ4v) is 3.98. The molecule has 0 spiro atoms. The predicted octanol–water partition coefficient (Wildman–Crippen LogP) is 2.73. The summed E-state index contributed by atoms with van der Waals surface area (Å²) in [7, 11) is 0. The molecule has 4 unspecified atom stereocenters. The molecule has 1 amide bonds. The number of carbonyl (C=O) groups excluding carboxylic acids is 1. The molecule has 2 rings (SSSR count). The van der Waals surface area contributed by atoms with Crippen LogP contribution in [0, 0.1) is 17.8 Å². The van der Waals surface area contributed by atoms with E-state index < -0.39 is 0 Å². The molecule has 3 nitrogen and oxygen atoms in total. The van der Waals surface area contributed by atoms with Crippen LogP contribution < -0.4 is 5.32 Å². The SMILES string of the molecule is CC1CC(C(=O)NCC2CCCCC2CBr)CO1. The molecule has 4 heteroatoms. The molecule has 1 saturated carbocycles. The maximum absolute atomic E-state index is 12.0. The number of amides is 1. The van der Waals surface area contributed by atoms with Crippen molar-refractivity contribution in [3.05, 3.63) is 0 Å². The van der Waals surface area contributed by atoms with Crippen LogP contribution in [0.2, 0.25) is 0 Å². The van der Waals surface area contributed by atoms with Gasteiger partial charge in [0.15, 0.2) is 0 Å². The van der Waals surface area contributed by atoms with Gasteiger partial charge in [0.05, 0.1) is 18.6 Å². The monoisotopic (exact) mass is 317 g/mol. The van der Waals surface area contributed by atoms with Crippen molar-refractivity contribution in [2.75, 3.05) is 18.5 Å². The van der Waals surface area contributed by atoms with Gasteiger partial charge < -0.3 is 10.1 Å². The molecule has 1 heterocycles. The van der Waals surface area contributed by atoms with E-state index in [1.807, 2.05) is 6.92 Å². The molecule has 104 valence electrons. The van der Waals surface area contributed by atoms with E-state index in [4.69, 9.17) is 4.74 Å². The summed E-state index contributed by atoms with van der Waals surface area (Å²) in [4.78, 5) is 12.0. The summed E-state index contributed by atoms with van der Waals surface area (Å²) >= 11 is 3.60. The minimum absolute atomic E-state index is 0.0750. The van der Waals surface area contributed by atoms with Crippen LogP contribution in [0.4, 0.5) is 0 Å². The second kappa shape index (κ2) is 6.90. The number of nitrogens with one attached hydrogen (secondary N) is 1. The number of hydrogen-bond acceptors (Lipinski definition) is 2. The minimum atomic E-state index is 0.0750. The molecule has 2 fully saturated rings. The largest absolute Gasteiger partial charge is 0.378 e. The molecular weight excluding hydrogens is 294 g/mol. The lowest BCUT2D eigenvalue weighted by atomic mass is 9.80. The van der Waals surface area contributed by atoms with Crippen LogP contribution in [0.1, 0.15) is 39.0 Å². The minimum Gasteiger partial charge on any atom is -0.378 e. The fourth-order valence-electron chi connectivity index (χ4n) is 3.13. The Morgan fingerprint density at radius 3 is 2.67 bits per heavy atom. The van der Waals surface area contributed by atoms with Gasteiger partial charge in [-0.05, 0) is 38.0 Å². The van der Waals surface area contributed by atoms with Crippen molar-refractivity contribution in [3.8, 4) is 0 Å². The first-order valence-corrected chi connectivity index (χ1v) is 8.28. The summed E-state index contributed by atoms with van der Waals surface area (Å²) in [5.74, 6) is 1.66. The van der Waals surface area contributed by atoms with E-state index in [1.165, 1.54) is 25.7 Å². The lowest BCUT2D eigenvalue weighted by Gasteiger charge is -2.30. The Morgan fingerprint density at radius 2 is 2.06 bits per heavy atom. The van der Waals surface area contributed by atoms with Gasteiger partial charge in [-0.2, -0.15) is 0 Å². The van der Waals surface area contributed by atoms with Crippen molar-refractivity contribution in [1.82, 2.24) is 5.32 Å². The molecule has 1 N–H and O–H groups in total. The predicted molar refractivity (Wildman–Crippen MR) is 75.8 cm³/mol. The highest BCUT2D eigenvalue weighted by Crippen LogP contribution is 2.31. The molecule has 0 bridgehead atoms. The molecule has 1 saturated heterocycles. The first kappa shape index (κ1) is 14.3. The van der Waals surface area contributed by atoms with Crippen molar-refractivity contribution in [2.24, 2.45) is 17.8 Å². The van der Waals surface area contributed by atoms with E-state index in [9.17, 15) is 4.79 Å². The van der Waals surface area contributed by atoms with Crippen LogP contribution in [-0.2, 0) is 9.53 Å². The summed E-state index contributed by atoms with van der Waals surface area (Å²) < 4.78 is 5.45. The van der Waals surface area contributed by atoms with Crippen molar-refractivity contribution in [2.45, 2.75) is 45.1 Å². The zero-order valence-corrected chi connectivity index (χ0v) is 12.7. The lowest BCUT2D eigenvalue weighted by molar-refractivity contribution is -0.125. The van der Waals surface area contributed by atoms with Gasteiger partial charge in [0.25, 0.3) is 0 Å². The Morgan fingerprint density at radius 1 is 1.33 bits per heavy atom. The quantitative estimate of drug-likeness (QED) is 0.810. The maximum atomic E-state index is 12.0. The third kappa shape index (κ3) is 3.70. The summed E-state index contributed by atoms with van der Waals surface area (Å²) in [5.41, 5.74) is 0. The van der Waals surface area contributed by atoms with E-state index in [2.05, 4.69) is 21.2 Å². The highest BCUT2D eigenvalue weighted by molar-refractivity contribution is 9.09. The third-order valence-electron chi connectivity index (χ3n) is 4.37. The van der Waals surface area contributed by atoms with E-state index in [-0.39, 0.29) is 17.9 Å². The van der Waals surface area contributed by atoms with Crippen LogP contribution in [0.3, 0.4) is 0 Å². The van der Waals surface area contributed by atoms with E-state index in [0.717, 1.165) is 24.2 Å². The Kier molecular flexibility index (Phi) is 5.49. The number of rotatable bonds is 4. The number of hydrogen-bond donors (Lipinski definition) is 1. The zero-order valence-electron chi connectivity index (χ0n) is 11.2. The fraction of sp³-hybridized carbons (Fsp3) is 0.929. The van der Waals surface area contributed by atoms with Crippen LogP contribution in [0.25, 0.3) is 0 Å². The lowest BCUT2D eigenvalue weighted by Crippen LogP contribution is -2.38. The van der Waals surface area contributed by atoms with Crippen LogP contribution >= 0.6 is 15.9 Å². The molecule has 1 aliphatic heterocycles. The topological polar surface area (TPSA) is 38.3 Å².